The first-order chi connectivity index (χ1) is 5.72. The Bertz CT molecular complexity index is 217. The third-order valence-corrected chi connectivity index (χ3v) is 1.01. The van der Waals surface area contributed by atoms with Crippen molar-refractivity contribution in [2.45, 2.75) is 0 Å². The number of aliphatic hydroxyl groups excluding tert-OH is 1. The first-order valence-corrected chi connectivity index (χ1v) is 3.06. The van der Waals surface area contributed by atoms with Gasteiger partial charge in [-0.3, -0.25) is 0 Å². The van der Waals surface area contributed by atoms with Gasteiger partial charge < -0.3 is 19.9 Å². The molecule has 6 heteroatoms. The molecule has 0 aliphatic rings. The Kier molecular flexibility index (Phi) is 10.8. The van der Waals surface area contributed by atoms with Crippen molar-refractivity contribution in [2.75, 3.05) is 0 Å². The predicted octanol–water partition coefficient (Wildman–Crippen LogP) is -1.22. The monoisotopic (exact) mass is 350 g/mol. The Balaban J connectivity index is 0. The van der Waals surface area contributed by atoms with Crippen LogP contribution in [0.25, 0.3) is 0 Å². The molecule has 0 saturated carbocycles. The molecule has 68 valence electrons. The minimum absolute atomic E-state index is 0. The van der Waals surface area contributed by atoms with E-state index in [9.17, 15) is 0 Å². The van der Waals surface area contributed by atoms with E-state index >= 15 is 0 Å². The average molecular weight is 350 g/mol. The van der Waals surface area contributed by atoms with E-state index in [1.165, 1.54) is 0 Å². The van der Waals surface area contributed by atoms with Gasteiger partial charge in [-0.05, 0) is 0 Å². The molecule has 3 N–H and O–H groups in total. The molecule has 0 fully saturated rings. The fraction of sp³-hybridized carbons (Fsp3) is 0. The van der Waals surface area contributed by atoms with Crippen molar-refractivity contribution >= 4 is 19.1 Å². The molecule has 0 aromatic heterocycles. The molecule has 1 aromatic carbocycles. The Hall–Kier alpha value is -0.637. The minimum atomic E-state index is -1.40. The van der Waals surface area contributed by atoms with Crippen LogP contribution in [0.15, 0.2) is 24.3 Å². The molecule has 13 heavy (non-hydrogen) atoms. The third kappa shape index (κ3) is 7.72. The maximum absolute atomic E-state index is 8.55. The van der Waals surface area contributed by atoms with Crippen molar-refractivity contribution in [1.29, 1.82) is 0 Å². The molecule has 0 saturated heterocycles. The summed E-state index contributed by atoms with van der Waals surface area (Å²) in [7, 11) is -1.40. The molecule has 1 aromatic rings. The van der Waals surface area contributed by atoms with E-state index in [0.29, 0.717) is 11.9 Å². The van der Waals surface area contributed by atoms with Gasteiger partial charge in [0.05, 0.1) is 0 Å². The van der Waals surface area contributed by atoms with Gasteiger partial charge in [0.1, 0.15) is 0 Å². The second-order valence-electron chi connectivity index (χ2n) is 1.78. The quantitative estimate of drug-likeness (QED) is 0.438. The van der Waals surface area contributed by atoms with Crippen LogP contribution < -0.4 is 5.46 Å². The van der Waals surface area contributed by atoms with Crippen molar-refractivity contribution in [3.63, 3.8) is 0 Å². The Morgan fingerprint density at radius 1 is 1.38 bits per heavy atom. The summed E-state index contributed by atoms with van der Waals surface area (Å²) in [6, 6.07) is 9.40. The van der Waals surface area contributed by atoms with Crippen LogP contribution in [0.4, 0.5) is 0 Å². The van der Waals surface area contributed by atoms with Gasteiger partial charge in [-0.15, -0.1) is 5.46 Å². The van der Waals surface area contributed by atoms with Crippen molar-refractivity contribution in [3.8, 4) is 0 Å². The fourth-order valence-electron chi connectivity index (χ4n) is 0.568. The summed E-state index contributed by atoms with van der Waals surface area (Å²) in [4.78, 5) is 8.24. The second-order valence-corrected chi connectivity index (χ2v) is 1.78. The summed E-state index contributed by atoms with van der Waals surface area (Å²) < 4.78 is 0. The average Bonchev–Trinajstić information content (AvgIpc) is 2.07. The number of benzene rings is 1. The molecule has 4 nitrogen and oxygen atoms in total. The zero-order valence-electron chi connectivity index (χ0n) is 6.54. The second kappa shape index (κ2) is 9.45. The zero-order valence-corrected chi connectivity index (χ0v) is 9.48. The van der Waals surface area contributed by atoms with Crippen LogP contribution in [0.1, 0.15) is 0 Å². The number of rotatable bonds is 1. The molecule has 0 unspecified atom stereocenters. The van der Waals surface area contributed by atoms with Crippen molar-refractivity contribution in [3.05, 3.63) is 30.3 Å². The summed E-state index contributed by atoms with van der Waals surface area (Å²) in [5.74, 6) is 0. The van der Waals surface area contributed by atoms with Gasteiger partial charge in [0.2, 0.25) is 0 Å². The molecule has 0 radical (unpaired) electrons. The van der Waals surface area contributed by atoms with E-state index in [0.717, 1.165) is 0 Å². The van der Waals surface area contributed by atoms with Gasteiger partial charge in [-0.2, -0.15) is 30.3 Å². The van der Waals surface area contributed by atoms with E-state index in [4.69, 9.17) is 19.9 Å². The van der Waals surface area contributed by atoms with E-state index < -0.39 is 7.12 Å². The molecule has 0 spiro atoms. The van der Waals surface area contributed by atoms with Crippen molar-refractivity contribution in [2.24, 2.45) is 0 Å². The first-order valence-electron chi connectivity index (χ1n) is 3.06. The van der Waals surface area contributed by atoms with Gasteiger partial charge in [0.15, 0.2) is 0 Å². The van der Waals surface area contributed by atoms with Crippen LogP contribution >= 0.6 is 0 Å². The Morgan fingerprint density at radius 3 is 2.15 bits per heavy atom. The maximum Gasteiger partial charge on any atom is 2.00 e. The summed E-state index contributed by atoms with van der Waals surface area (Å²) in [6.45, 7) is 0.500. The molecule has 1 rings (SSSR count). The van der Waals surface area contributed by atoms with E-state index in [1.54, 1.807) is 24.3 Å². The van der Waals surface area contributed by atoms with Crippen molar-refractivity contribution in [1.82, 2.24) is 0 Å². The maximum atomic E-state index is 8.55. The summed E-state index contributed by atoms with van der Waals surface area (Å²) in [5.41, 5.74) is 0.400. The molecule has 0 amide bonds. The van der Waals surface area contributed by atoms with Crippen molar-refractivity contribution < 1.29 is 41.0 Å². The number of hydrogen-bond acceptors (Lipinski definition) is 3. The van der Waals surface area contributed by atoms with E-state index in [-0.39, 0.29) is 21.1 Å². The topological polar surface area (TPSA) is 77.8 Å². The molecular formula is C7H7BO4W. The summed E-state index contributed by atoms with van der Waals surface area (Å²) in [5, 5.41) is 23.9. The zero-order chi connectivity index (χ0) is 9.40. The summed E-state index contributed by atoms with van der Waals surface area (Å²) in [6.07, 6.45) is 0. The SMILES string of the molecule is O=[C-]O.OB(O)c1[c-]cccc1.[W+2]. The number of hydrogen-bond donors (Lipinski definition) is 3. The predicted molar refractivity (Wildman–Crippen MR) is 43.4 cm³/mol. The third-order valence-electron chi connectivity index (χ3n) is 1.01. The molecule has 0 aliphatic heterocycles. The largest absolute Gasteiger partial charge is 2.00 e. The van der Waals surface area contributed by atoms with Crippen LogP contribution in [-0.4, -0.2) is 28.7 Å². The van der Waals surface area contributed by atoms with Gasteiger partial charge in [-0.25, -0.2) is 0 Å². The van der Waals surface area contributed by atoms with E-state index in [2.05, 4.69) is 6.07 Å². The molecule has 0 bridgehead atoms. The van der Waals surface area contributed by atoms with Crippen LogP contribution in [0.3, 0.4) is 0 Å². The van der Waals surface area contributed by atoms with Crippen LogP contribution in [0.5, 0.6) is 0 Å². The standard InChI is InChI=1S/C6H6BO2.CHO2.W/c8-7(9)6-4-2-1-3-5-6;2-1-3;/h1-4,8-9H;(H,2,3);/q2*-1;+2. The minimum Gasteiger partial charge on any atom is -0.665 e. The van der Waals surface area contributed by atoms with Gasteiger partial charge in [0.25, 0.3) is 0 Å². The normalized spacial score (nSPS) is 7.23. The van der Waals surface area contributed by atoms with Gasteiger partial charge >= 0.3 is 28.2 Å². The first kappa shape index (κ1) is 14.9. The summed E-state index contributed by atoms with van der Waals surface area (Å²) >= 11 is 0. The van der Waals surface area contributed by atoms with E-state index in [1.807, 2.05) is 0 Å². The fourth-order valence-corrected chi connectivity index (χ4v) is 0.568. The Morgan fingerprint density at radius 2 is 1.92 bits per heavy atom. The molecule has 0 atom stereocenters. The molecule has 0 heterocycles. The van der Waals surface area contributed by atoms with Gasteiger partial charge in [0, 0.05) is 0 Å². The molecule has 0 aliphatic carbocycles. The smallest absolute Gasteiger partial charge is 0.665 e. The van der Waals surface area contributed by atoms with Gasteiger partial charge in [-0.1, -0.05) is 6.47 Å². The Labute approximate surface area is 90.6 Å². The van der Waals surface area contributed by atoms with Crippen LogP contribution in [-0.2, 0) is 25.9 Å². The van der Waals surface area contributed by atoms with Crippen LogP contribution in [0.2, 0.25) is 0 Å². The molecular weight excluding hydrogens is 343 g/mol. The van der Waals surface area contributed by atoms with Crippen LogP contribution in [0, 0.1) is 6.07 Å².